The molecule has 0 spiro atoms. The van der Waals surface area contributed by atoms with E-state index >= 15 is 0 Å². The molecule has 1 heterocycles. The van der Waals surface area contributed by atoms with Crippen LogP contribution in [0.1, 0.15) is 30.4 Å². The van der Waals surface area contributed by atoms with Gasteiger partial charge < -0.3 is 15.0 Å². The Morgan fingerprint density at radius 2 is 1.89 bits per heavy atom. The van der Waals surface area contributed by atoms with Gasteiger partial charge in [-0.2, -0.15) is 0 Å². The Labute approximate surface area is 213 Å². The average molecular weight is 515 g/mol. The predicted octanol–water partition coefficient (Wildman–Crippen LogP) is 7.06. The van der Waals surface area contributed by atoms with Gasteiger partial charge in [0.1, 0.15) is 5.75 Å². The number of nitrogens with one attached hydrogen (secondary N) is 1. The first kappa shape index (κ1) is 25.9. The van der Waals surface area contributed by atoms with Crippen LogP contribution in [0.15, 0.2) is 89.4 Å². The van der Waals surface area contributed by atoms with E-state index in [0.29, 0.717) is 25.2 Å². The third kappa shape index (κ3) is 6.97. The lowest BCUT2D eigenvalue weighted by Gasteiger charge is -2.20. The fourth-order valence-electron chi connectivity index (χ4n) is 4.62. The molecule has 2 unspecified atom stereocenters. The maximum Gasteiger partial charge on any atom is 0.573 e. The van der Waals surface area contributed by atoms with Gasteiger partial charge in [0.2, 0.25) is 0 Å². The summed E-state index contributed by atoms with van der Waals surface area (Å²) in [6, 6.07) is 14.0. The second kappa shape index (κ2) is 11.7. The fourth-order valence-corrected chi connectivity index (χ4v) is 5.28. The van der Waals surface area contributed by atoms with Gasteiger partial charge in [-0.1, -0.05) is 61.6 Å². The van der Waals surface area contributed by atoms with Crippen molar-refractivity contribution in [3.8, 4) is 5.75 Å². The monoisotopic (exact) mass is 514 g/mol. The zero-order valence-corrected chi connectivity index (χ0v) is 20.8. The van der Waals surface area contributed by atoms with E-state index in [-0.39, 0.29) is 23.6 Å². The van der Waals surface area contributed by atoms with Crippen LogP contribution in [-0.2, 0) is 6.54 Å². The Morgan fingerprint density at radius 3 is 2.64 bits per heavy atom. The number of amides is 2. The molecule has 1 fully saturated rings. The van der Waals surface area contributed by atoms with Crippen LogP contribution in [-0.4, -0.2) is 36.1 Å². The molecule has 1 aliphatic carbocycles. The van der Waals surface area contributed by atoms with Crippen LogP contribution < -0.4 is 10.1 Å². The van der Waals surface area contributed by atoms with Crippen molar-refractivity contribution in [2.45, 2.75) is 37.1 Å². The Morgan fingerprint density at radius 1 is 1.11 bits per heavy atom. The normalized spacial score (nSPS) is 19.7. The predicted molar refractivity (Wildman–Crippen MR) is 137 cm³/mol. The zero-order chi connectivity index (χ0) is 25.5. The number of hydrogen-bond donors (Lipinski definition) is 1. The number of carbonyl (C=O) groups is 1. The molecule has 1 aliphatic heterocycles. The van der Waals surface area contributed by atoms with Crippen molar-refractivity contribution in [3.63, 3.8) is 0 Å². The third-order valence-corrected chi connectivity index (χ3v) is 7.15. The van der Waals surface area contributed by atoms with Crippen molar-refractivity contribution < 1.29 is 22.7 Å². The highest BCUT2D eigenvalue weighted by Crippen LogP contribution is 2.39. The molecule has 0 radical (unpaired) electrons. The van der Waals surface area contributed by atoms with Gasteiger partial charge in [-0.25, -0.2) is 4.79 Å². The quantitative estimate of drug-likeness (QED) is 0.402. The Bertz CT molecular complexity index is 1140. The summed E-state index contributed by atoms with van der Waals surface area (Å²) in [5.41, 5.74) is 2.80. The van der Waals surface area contributed by atoms with Gasteiger partial charge in [0.25, 0.3) is 0 Å². The summed E-state index contributed by atoms with van der Waals surface area (Å²) in [7, 11) is 0. The lowest BCUT2D eigenvalue weighted by Crippen LogP contribution is -2.38. The lowest BCUT2D eigenvalue weighted by atomic mass is 9.83. The van der Waals surface area contributed by atoms with E-state index in [2.05, 4.69) is 23.1 Å². The first-order valence-corrected chi connectivity index (χ1v) is 12.9. The third-order valence-electron chi connectivity index (χ3n) is 6.26. The van der Waals surface area contributed by atoms with Crippen LogP contribution in [0.2, 0.25) is 0 Å². The van der Waals surface area contributed by atoms with E-state index in [1.54, 1.807) is 28.8 Å². The highest BCUT2D eigenvalue weighted by molar-refractivity contribution is 7.99. The molecule has 1 N–H and O–H groups in total. The largest absolute Gasteiger partial charge is 0.573 e. The van der Waals surface area contributed by atoms with Crippen LogP contribution in [0.5, 0.6) is 5.75 Å². The first-order valence-electron chi connectivity index (χ1n) is 12.0. The summed E-state index contributed by atoms with van der Waals surface area (Å²) in [6.45, 7) is 3.38. The molecule has 2 aliphatic rings. The van der Waals surface area contributed by atoms with Crippen molar-refractivity contribution in [2.75, 3.05) is 18.8 Å². The Hall–Kier alpha value is -3.13. The molecule has 1 saturated heterocycles. The summed E-state index contributed by atoms with van der Waals surface area (Å²) in [5.74, 6) is 0.545. The zero-order valence-electron chi connectivity index (χ0n) is 20.0. The summed E-state index contributed by atoms with van der Waals surface area (Å²) < 4.78 is 42.6. The highest BCUT2D eigenvalue weighted by atomic mass is 32.2. The van der Waals surface area contributed by atoms with Crippen molar-refractivity contribution in [1.82, 2.24) is 10.2 Å². The number of ether oxygens (including phenoxy) is 1. The topological polar surface area (TPSA) is 41.6 Å². The maximum atomic E-state index is 13.1. The minimum Gasteiger partial charge on any atom is -0.406 e. The standard InChI is InChI=1S/C28H29F3N2O2S/c1-2-36-24-14-12-20(13-15-24)17-32-27(34)33-18-25(21-8-5-3-4-6-9-21)26(19-33)22-10-7-11-23(16-22)35-28(29,30)31/h3-5,7-16,25-26H,2,6,17-19H2,1H3,(H,32,34). The molecule has 4 rings (SSSR count). The van der Waals surface area contributed by atoms with Gasteiger partial charge in [0, 0.05) is 36.4 Å². The molecular weight excluding hydrogens is 485 g/mol. The van der Waals surface area contributed by atoms with Gasteiger partial charge >= 0.3 is 12.4 Å². The maximum absolute atomic E-state index is 13.1. The second-order valence-electron chi connectivity index (χ2n) is 8.70. The van der Waals surface area contributed by atoms with Crippen LogP contribution in [0, 0.1) is 5.92 Å². The van der Waals surface area contributed by atoms with Crippen molar-refractivity contribution in [3.05, 3.63) is 95.6 Å². The van der Waals surface area contributed by atoms with E-state index < -0.39 is 6.36 Å². The molecule has 2 atom stereocenters. The Balaban J connectivity index is 1.50. The summed E-state index contributed by atoms with van der Waals surface area (Å²) in [4.78, 5) is 16.0. The fraction of sp³-hybridized carbons (Fsp3) is 0.321. The summed E-state index contributed by atoms with van der Waals surface area (Å²) in [5, 5.41) is 3.00. The van der Waals surface area contributed by atoms with Gasteiger partial charge in [0.15, 0.2) is 0 Å². The molecule has 190 valence electrons. The number of halogens is 3. The minimum atomic E-state index is -4.76. The number of urea groups is 1. The molecule has 4 nitrogen and oxygen atoms in total. The van der Waals surface area contributed by atoms with Crippen molar-refractivity contribution in [2.24, 2.45) is 5.92 Å². The van der Waals surface area contributed by atoms with Crippen LogP contribution in [0.3, 0.4) is 0 Å². The van der Waals surface area contributed by atoms with E-state index in [4.69, 9.17) is 0 Å². The number of alkyl halides is 3. The Kier molecular flexibility index (Phi) is 8.46. The molecule has 2 aromatic carbocycles. The molecule has 2 amide bonds. The highest BCUT2D eigenvalue weighted by Gasteiger charge is 2.38. The number of nitrogens with zero attached hydrogens (tertiary/aromatic N) is 1. The number of benzene rings is 2. The SMILES string of the molecule is CCSc1ccc(CNC(=O)N2CC(C3=CCC=CC=C3)C(c3cccc(OC(F)(F)F)c3)C2)cc1. The average Bonchev–Trinajstić information content (AvgIpc) is 3.11. The van der Waals surface area contributed by atoms with Gasteiger partial charge in [-0.15, -0.1) is 24.9 Å². The second-order valence-corrected chi connectivity index (χ2v) is 10.0. The van der Waals surface area contributed by atoms with Crippen molar-refractivity contribution >= 4 is 17.8 Å². The van der Waals surface area contributed by atoms with Crippen LogP contribution >= 0.6 is 11.8 Å². The van der Waals surface area contributed by atoms with E-state index in [9.17, 15) is 18.0 Å². The summed E-state index contributed by atoms with van der Waals surface area (Å²) >= 11 is 1.76. The number of rotatable bonds is 7. The number of allylic oxidation sites excluding steroid dienone is 5. The number of thioether (sulfide) groups is 1. The van der Waals surface area contributed by atoms with Crippen LogP contribution in [0.4, 0.5) is 18.0 Å². The van der Waals surface area contributed by atoms with Gasteiger partial charge in [0.05, 0.1) is 0 Å². The number of hydrogen-bond acceptors (Lipinski definition) is 3. The first-order chi connectivity index (χ1) is 17.3. The number of carbonyl (C=O) groups excluding carboxylic acids is 1. The van der Waals surface area contributed by atoms with E-state index in [1.807, 2.05) is 48.6 Å². The van der Waals surface area contributed by atoms with Crippen LogP contribution in [0.25, 0.3) is 0 Å². The molecule has 2 aromatic rings. The molecule has 36 heavy (non-hydrogen) atoms. The molecular formula is C28H29F3N2O2S. The molecule has 0 saturated carbocycles. The minimum absolute atomic E-state index is 0.0432. The van der Waals surface area contributed by atoms with E-state index in [0.717, 1.165) is 23.3 Å². The molecule has 0 bridgehead atoms. The van der Waals surface area contributed by atoms with E-state index in [1.165, 1.54) is 17.0 Å². The van der Waals surface area contributed by atoms with Gasteiger partial charge in [-0.3, -0.25) is 0 Å². The van der Waals surface area contributed by atoms with Gasteiger partial charge in [-0.05, 0) is 53.1 Å². The summed E-state index contributed by atoms with van der Waals surface area (Å²) in [6.07, 6.45) is 6.12. The lowest BCUT2D eigenvalue weighted by molar-refractivity contribution is -0.274. The van der Waals surface area contributed by atoms with Crippen molar-refractivity contribution in [1.29, 1.82) is 0 Å². The smallest absolute Gasteiger partial charge is 0.406 e. The number of likely N-dealkylation sites (tertiary alicyclic amines) is 1. The molecule has 8 heteroatoms. The molecule has 0 aromatic heterocycles.